The van der Waals surface area contributed by atoms with Gasteiger partial charge in [-0.2, -0.15) is 9.78 Å². The second-order valence-corrected chi connectivity index (χ2v) is 5.40. The van der Waals surface area contributed by atoms with Crippen LogP contribution in [0.5, 0.6) is 0 Å². The normalized spacial score (nSPS) is 11.2. The van der Waals surface area contributed by atoms with E-state index in [4.69, 9.17) is 10.5 Å². The molecule has 12 heteroatoms. The largest absolute Gasteiger partial charge is 0.378 e. The molecule has 0 unspecified atom stereocenters. The molecule has 0 aliphatic rings. The maximum Gasteiger partial charge on any atom is 0.293 e. The van der Waals surface area contributed by atoms with Crippen LogP contribution in [-0.2, 0) is 11.3 Å². The van der Waals surface area contributed by atoms with E-state index in [2.05, 4.69) is 35.8 Å². The first-order valence-corrected chi connectivity index (χ1v) is 7.47. The molecule has 1 amide bonds. The number of ether oxygens (including phenoxy) is 1. The number of carbonyl (C=O) groups is 1. The Labute approximate surface area is 139 Å². The first-order chi connectivity index (χ1) is 11.7. The lowest BCUT2D eigenvalue weighted by Crippen LogP contribution is -2.20. The molecule has 0 spiro atoms. The highest BCUT2D eigenvalue weighted by Crippen LogP contribution is 2.16. The number of rotatable bonds is 6. The average molecular weight is 348 g/mol. The number of carbonyl (C=O) groups excluding carboxylic acids is 1. The van der Waals surface area contributed by atoms with Gasteiger partial charge in [-0.1, -0.05) is 11.3 Å². The molecule has 0 saturated carbocycles. The van der Waals surface area contributed by atoms with Crippen molar-refractivity contribution in [2.24, 2.45) is 5.10 Å². The fourth-order valence-electron chi connectivity index (χ4n) is 1.82. The molecule has 0 radical (unpaired) electrons. The van der Waals surface area contributed by atoms with Crippen LogP contribution in [0.1, 0.15) is 21.1 Å². The Balaban J connectivity index is 1.83. The first kappa shape index (κ1) is 15.8. The van der Waals surface area contributed by atoms with Crippen molar-refractivity contribution in [3.63, 3.8) is 0 Å². The summed E-state index contributed by atoms with van der Waals surface area (Å²) in [5, 5.41) is 20.6. The minimum absolute atomic E-state index is 0.0138. The van der Waals surface area contributed by atoms with Gasteiger partial charge in [-0.25, -0.2) is 10.1 Å². The third kappa shape index (κ3) is 3.13. The van der Waals surface area contributed by atoms with Crippen molar-refractivity contribution in [3.05, 3.63) is 33.8 Å². The Hall–Kier alpha value is -3.12. The summed E-state index contributed by atoms with van der Waals surface area (Å²) >= 11 is 1.49. The summed E-state index contributed by atoms with van der Waals surface area (Å²) in [5.74, 6) is -0.410. The second kappa shape index (κ2) is 6.97. The van der Waals surface area contributed by atoms with Gasteiger partial charge in [0.25, 0.3) is 5.91 Å². The minimum atomic E-state index is -0.545. The standard InChI is InChI=1S/C12H12N8O3S/c1-22-6-8-9(12(21)16-14-5-7-3-2-4-24-7)15-19-20(8)11-10(13)17-23-18-11/h2-5H,6H2,1H3,(H2,13,17)(H,16,21)/b14-5+. The number of anilines is 1. The Morgan fingerprint density at radius 1 is 1.58 bits per heavy atom. The van der Waals surface area contributed by atoms with E-state index in [1.165, 1.54) is 29.3 Å². The molecular formula is C12H12N8O3S. The van der Waals surface area contributed by atoms with E-state index >= 15 is 0 Å². The van der Waals surface area contributed by atoms with Crippen LogP contribution in [0.2, 0.25) is 0 Å². The van der Waals surface area contributed by atoms with Gasteiger partial charge in [-0.05, 0) is 21.8 Å². The number of nitrogens with one attached hydrogen (secondary N) is 1. The molecule has 0 aliphatic heterocycles. The zero-order chi connectivity index (χ0) is 16.9. The van der Waals surface area contributed by atoms with Crippen molar-refractivity contribution in [1.29, 1.82) is 0 Å². The Kier molecular flexibility index (Phi) is 4.58. The molecule has 0 bridgehead atoms. The highest BCUT2D eigenvalue weighted by Gasteiger charge is 2.23. The Morgan fingerprint density at radius 2 is 2.46 bits per heavy atom. The van der Waals surface area contributed by atoms with Gasteiger partial charge in [-0.15, -0.1) is 16.4 Å². The molecule has 0 aromatic carbocycles. The molecule has 3 N–H and O–H groups in total. The van der Waals surface area contributed by atoms with Gasteiger partial charge < -0.3 is 10.5 Å². The smallest absolute Gasteiger partial charge is 0.293 e. The van der Waals surface area contributed by atoms with E-state index in [-0.39, 0.29) is 23.9 Å². The molecule has 124 valence electrons. The van der Waals surface area contributed by atoms with Crippen LogP contribution >= 0.6 is 11.3 Å². The molecule has 11 nitrogen and oxygen atoms in total. The van der Waals surface area contributed by atoms with Gasteiger partial charge in [0.2, 0.25) is 11.6 Å². The van der Waals surface area contributed by atoms with Gasteiger partial charge in [0.15, 0.2) is 5.69 Å². The number of nitrogens with zero attached hydrogens (tertiary/aromatic N) is 6. The van der Waals surface area contributed by atoms with Gasteiger partial charge in [0.05, 0.1) is 12.8 Å². The van der Waals surface area contributed by atoms with Crippen LogP contribution in [0.15, 0.2) is 27.2 Å². The molecule has 3 aromatic heterocycles. The number of thiophene rings is 1. The predicted molar refractivity (Wildman–Crippen MR) is 83.7 cm³/mol. The van der Waals surface area contributed by atoms with Crippen molar-refractivity contribution >= 4 is 29.3 Å². The number of nitrogen functional groups attached to an aromatic ring is 1. The first-order valence-electron chi connectivity index (χ1n) is 6.59. The lowest BCUT2D eigenvalue weighted by molar-refractivity contribution is 0.0944. The quantitative estimate of drug-likeness (QED) is 0.474. The summed E-state index contributed by atoms with van der Waals surface area (Å²) in [7, 11) is 1.47. The fourth-order valence-corrected chi connectivity index (χ4v) is 2.41. The zero-order valence-corrected chi connectivity index (χ0v) is 13.2. The van der Waals surface area contributed by atoms with Crippen molar-refractivity contribution in [2.75, 3.05) is 12.8 Å². The minimum Gasteiger partial charge on any atom is -0.378 e. The van der Waals surface area contributed by atoms with Gasteiger partial charge in [0.1, 0.15) is 5.69 Å². The van der Waals surface area contributed by atoms with Crippen LogP contribution in [-0.4, -0.2) is 44.5 Å². The van der Waals surface area contributed by atoms with Crippen molar-refractivity contribution in [1.82, 2.24) is 30.7 Å². The number of amides is 1. The maximum atomic E-state index is 12.3. The highest BCUT2D eigenvalue weighted by molar-refractivity contribution is 7.11. The topological polar surface area (TPSA) is 146 Å². The highest BCUT2D eigenvalue weighted by atomic mass is 32.1. The number of methoxy groups -OCH3 is 1. The van der Waals surface area contributed by atoms with Crippen LogP contribution in [0.3, 0.4) is 0 Å². The van der Waals surface area contributed by atoms with Crippen LogP contribution < -0.4 is 11.2 Å². The third-order valence-corrected chi connectivity index (χ3v) is 3.66. The molecule has 0 saturated heterocycles. The van der Waals surface area contributed by atoms with Gasteiger partial charge >= 0.3 is 0 Å². The summed E-state index contributed by atoms with van der Waals surface area (Å²) < 4.78 is 10.8. The zero-order valence-electron chi connectivity index (χ0n) is 12.4. The lowest BCUT2D eigenvalue weighted by Gasteiger charge is -2.03. The number of nitrogens with two attached hydrogens (primary N) is 1. The molecular weight excluding hydrogens is 336 g/mol. The van der Waals surface area contributed by atoms with Crippen molar-refractivity contribution < 1.29 is 14.2 Å². The molecule has 3 heterocycles. The van der Waals surface area contributed by atoms with Crippen LogP contribution in [0.4, 0.5) is 5.82 Å². The summed E-state index contributed by atoms with van der Waals surface area (Å²) in [5.41, 5.74) is 8.39. The average Bonchev–Trinajstić information content (AvgIpc) is 3.29. The molecule has 3 aromatic rings. The molecule has 0 fully saturated rings. The molecule has 3 rings (SSSR count). The number of hydrazone groups is 1. The van der Waals surface area contributed by atoms with E-state index in [1.807, 2.05) is 17.5 Å². The summed E-state index contributed by atoms with van der Waals surface area (Å²) in [6.07, 6.45) is 1.53. The van der Waals surface area contributed by atoms with Crippen molar-refractivity contribution in [2.45, 2.75) is 6.61 Å². The van der Waals surface area contributed by atoms with Crippen LogP contribution in [0, 0.1) is 0 Å². The Bertz CT molecular complexity index is 854. The summed E-state index contributed by atoms with van der Waals surface area (Å²) in [4.78, 5) is 13.2. The lowest BCUT2D eigenvalue weighted by atomic mass is 10.3. The van der Waals surface area contributed by atoms with E-state index in [0.29, 0.717) is 5.69 Å². The third-order valence-electron chi connectivity index (χ3n) is 2.86. The SMILES string of the molecule is COCc1c(C(=O)N/N=C/c2cccs2)nnn1-c1nonc1N. The van der Waals surface area contributed by atoms with Crippen LogP contribution in [0.25, 0.3) is 5.82 Å². The Morgan fingerprint density at radius 3 is 3.12 bits per heavy atom. The maximum absolute atomic E-state index is 12.3. The number of hydrogen-bond donors (Lipinski definition) is 2. The van der Waals surface area contributed by atoms with E-state index in [1.54, 1.807) is 0 Å². The van der Waals surface area contributed by atoms with Gasteiger partial charge in [0, 0.05) is 12.0 Å². The van der Waals surface area contributed by atoms with E-state index in [0.717, 1.165) is 4.88 Å². The predicted octanol–water partition coefficient (Wildman–Crippen LogP) is 0.204. The monoisotopic (exact) mass is 348 g/mol. The second-order valence-electron chi connectivity index (χ2n) is 4.42. The van der Waals surface area contributed by atoms with Gasteiger partial charge in [-0.3, -0.25) is 4.79 Å². The summed E-state index contributed by atoms with van der Waals surface area (Å²) in [6.45, 7) is 0.0523. The van der Waals surface area contributed by atoms with E-state index < -0.39 is 5.91 Å². The number of hydrogen-bond acceptors (Lipinski definition) is 10. The molecule has 0 atom stereocenters. The molecule has 24 heavy (non-hydrogen) atoms. The molecule has 0 aliphatic carbocycles. The summed E-state index contributed by atoms with van der Waals surface area (Å²) in [6, 6.07) is 3.75. The van der Waals surface area contributed by atoms with Crippen molar-refractivity contribution in [3.8, 4) is 5.82 Å². The fraction of sp³-hybridized carbons (Fsp3) is 0.167. The number of aromatic nitrogens is 5. The van der Waals surface area contributed by atoms with E-state index in [9.17, 15) is 4.79 Å².